The molecule has 0 radical (unpaired) electrons. The van der Waals surface area contributed by atoms with Crippen molar-refractivity contribution in [2.45, 2.75) is 25.9 Å². The van der Waals surface area contributed by atoms with E-state index in [-0.39, 0.29) is 29.3 Å². The van der Waals surface area contributed by atoms with Crippen LogP contribution in [0.15, 0.2) is 66.9 Å². The van der Waals surface area contributed by atoms with E-state index in [0.29, 0.717) is 17.3 Å². The summed E-state index contributed by atoms with van der Waals surface area (Å²) in [5.41, 5.74) is 0.768. The van der Waals surface area contributed by atoms with Crippen molar-refractivity contribution in [1.82, 2.24) is 4.98 Å². The summed E-state index contributed by atoms with van der Waals surface area (Å²) in [4.78, 5) is 4.31. The topological polar surface area (TPSA) is 22.1 Å². The molecule has 1 aromatic heterocycles. The molecule has 4 rings (SSSR count). The largest absolute Gasteiger partial charge is 0.429 e. The minimum absolute atomic E-state index is 0.0541. The number of benzene rings is 3. The van der Waals surface area contributed by atoms with E-state index < -0.39 is 52.3 Å². The molecule has 0 saturated carbocycles. The molecule has 0 unspecified atom stereocenters. The van der Waals surface area contributed by atoms with Crippen molar-refractivity contribution in [3.63, 3.8) is 0 Å². The molecule has 10 heteroatoms. The number of ether oxygens (including phenoxy) is 1. The predicted molar refractivity (Wildman–Crippen MR) is 130 cm³/mol. The van der Waals surface area contributed by atoms with Gasteiger partial charge in [0.15, 0.2) is 17.5 Å². The highest BCUT2D eigenvalue weighted by Gasteiger charge is 2.29. The highest BCUT2D eigenvalue weighted by molar-refractivity contribution is 5.71. The minimum atomic E-state index is -4.28. The van der Waals surface area contributed by atoms with E-state index in [1.807, 2.05) is 13.0 Å². The molecule has 0 spiro atoms. The van der Waals surface area contributed by atoms with Crippen molar-refractivity contribution in [2.24, 2.45) is 0 Å². The van der Waals surface area contributed by atoms with Crippen LogP contribution in [0.4, 0.5) is 35.1 Å². The van der Waals surface area contributed by atoms with Crippen LogP contribution >= 0.6 is 0 Å². The average molecular weight is 549 g/mol. The molecule has 0 atom stereocenters. The first kappa shape index (κ1) is 27.8. The van der Waals surface area contributed by atoms with E-state index in [9.17, 15) is 35.1 Å². The SMILES string of the molecule is CCCc1ccc(-c2ccc(-c3cc(F)c(/C=C/C(F)(F)Oc4cc(F)c(F)c(F)c4)c(F)c3)c(F)c2)nc1. The number of alkyl halides is 2. The monoisotopic (exact) mass is 549 g/mol. The third-order valence-electron chi connectivity index (χ3n) is 5.67. The Morgan fingerprint density at radius 2 is 1.41 bits per heavy atom. The quantitative estimate of drug-likeness (QED) is 0.162. The Labute approximate surface area is 218 Å². The number of pyridine rings is 1. The molecule has 0 bridgehead atoms. The minimum Gasteiger partial charge on any atom is -0.429 e. The first-order valence-electron chi connectivity index (χ1n) is 11.6. The molecule has 1 heterocycles. The smallest absolute Gasteiger partial charge is 0.419 e. The van der Waals surface area contributed by atoms with Gasteiger partial charge in [0.1, 0.15) is 23.2 Å². The standard InChI is InChI=1S/C29H19F8NO/c1-2-3-16-4-7-27(38-15-16)17-5-6-20(22(30)10-17)18-11-23(31)21(24(32)12-18)8-9-29(36,37)39-19-13-25(33)28(35)26(34)14-19/h4-15H,2-3H2,1H3/b9-8+. The van der Waals surface area contributed by atoms with E-state index in [0.717, 1.165) is 30.5 Å². The van der Waals surface area contributed by atoms with Crippen molar-refractivity contribution in [3.8, 4) is 28.1 Å². The third kappa shape index (κ3) is 6.45. The number of nitrogens with zero attached hydrogens (tertiary/aromatic N) is 1. The van der Waals surface area contributed by atoms with Crippen LogP contribution in [0, 0.1) is 34.9 Å². The Hall–Kier alpha value is -4.21. The highest BCUT2D eigenvalue weighted by Crippen LogP contribution is 2.32. The fraction of sp³-hybridized carbons (Fsp3) is 0.138. The van der Waals surface area contributed by atoms with Crippen molar-refractivity contribution in [1.29, 1.82) is 0 Å². The second-order valence-corrected chi connectivity index (χ2v) is 8.55. The van der Waals surface area contributed by atoms with E-state index in [1.54, 1.807) is 12.3 Å². The maximum Gasteiger partial charge on any atom is 0.419 e. The van der Waals surface area contributed by atoms with Crippen LogP contribution in [0.5, 0.6) is 5.75 Å². The van der Waals surface area contributed by atoms with Gasteiger partial charge in [-0.3, -0.25) is 4.98 Å². The molecule has 0 saturated heterocycles. The Morgan fingerprint density at radius 3 is 1.97 bits per heavy atom. The molecule has 0 aliphatic carbocycles. The Balaban J connectivity index is 1.55. The Morgan fingerprint density at radius 1 is 0.769 bits per heavy atom. The fourth-order valence-corrected chi connectivity index (χ4v) is 3.80. The van der Waals surface area contributed by atoms with Crippen LogP contribution in [-0.4, -0.2) is 11.1 Å². The summed E-state index contributed by atoms with van der Waals surface area (Å²) in [5, 5.41) is 0. The van der Waals surface area contributed by atoms with E-state index in [1.165, 1.54) is 18.2 Å². The Bertz CT molecular complexity index is 1490. The van der Waals surface area contributed by atoms with Gasteiger partial charge in [-0.2, -0.15) is 8.78 Å². The lowest BCUT2D eigenvalue weighted by molar-refractivity contribution is -0.131. The second-order valence-electron chi connectivity index (χ2n) is 8.55. The lowest BCUT2D eigenvalue weighted by Crippen LogP contribution is -2.21. The molecule has 4 aromatic rings. The summed E-state index contributed by atoms with van der Waals surface area (Å²) in [6.07, 6.45) is -0.493. The summed E-state index contributed by atoms with van der Waals surface area (Å²) < 4.78 is 116. The molecule has 2 nitrogen and oxygen atoms in total. The highest BCUT2D eigenvalue weighted by atomic mass is 19.3. The summed E-state index contributed by atoms with van der Waals surface area (Å²) in [6, 6.07) is 9.54. The molecule has 0 aliphatic rings. The fourth-order valence-electron chi connectivity index (χ4n) is 3.80. The zero-order valence-electron chi connectivity index (χ0n) is 20.2. The molecule has 3 aromatic carbocycles. The van der Waals surface area contributed by atoms with Gasteiger partial charge in [-0.1, -0.05) is 31.5 Å². The average Bonchev–Trinajstić information content (AvgIpc) is 2.87. The molecule has 202 valence electrons. The number of aromatic nitrogens is 1. The molecule has 0 fully saturated rings. The van der Waals surface area contributed by atoms with Crippen molar-refractivity contribution >= 4 is 6.08 Å². The van der Waals surface area contributed by atoms with E-state index in [4.69, 9.17) is 0 Å². The van der Waals surface area contributed by atoms with Gasteiger partial charge in [0.25, 0.3) is 0 Å². The van der Waals surface area contributed by atoms with Crippen molar-refractivity contribution < 1.29 is 39.9 Å². The number of hydrogen-bond acceptors (Lipinski definition) is 2. The van der Waals surface area contributed by atoms with Gasteiger partial charge in [-0.05, 0) is 47.9 Å². The van der Waals surface area contributed by atoms with Gasteiger partial charge in [0.2, 0.25) is 0 Å². The zero-order chi connectivity index (χ0) is 28.3. The first-order valence-corrected chi connectivity index (χ1v) is 11.6. The van der Waals surface area contributed by atoms with Gasteiger partial charge in [0, 0.05) is 41.1 Å². The van der Waals surface area contributed by atoms with Crippen LogP contribution < -0.4 is 4.74 Å². The first-order chi connectivity index (χ1) is 18.5. The number of halogens is 8. The van der Waals surface area contributed by atoms with Gasteiger partial charge in [-0.25, -0.2) is 26.3 Å². The zero-order valence-corrected chi connectivity index (χ0v) is 20.2. The van der Waals surface area contributed by atoms with Gasteiger partial charge < -0.3 is 4.74 Å². The molecular weight excluding hydrogens is 530 g/mol. The van der Waals surface area contributed by atoms with Crippen LogP contribution in [0.3, 0.4) is 0 Å². The molecule has 39 heavy (non-hydrogen) atoms. The van der Waals surface area contributed by atoms with Crippen LogP contribution in [-0.2, 0) is 6.42 Å². The summed E-state index contributed by atoms with van der Waals surface area (Å²) in [5.74, 6) is -9.82. The lowest BCUT2D eigenvalue weighted by Gasteiger charge is -2.15. The van der Waals surface area contributed by atoms with Crippen LogP contribution in [0.2, 0.25) is 0 Å². The third-order valence-corrected chi connectivity index (χ3v) is 5.67. The summed E-state index contributed by atoms with van der Waals surface area (Å²) >= 11 is 0. The summed E-state index contributed by atoms with van der Waals surface area (Å²) in [6.45, 7) is 2.03. The maximum atomic E-state index is 14.9. The maximum absolute atomic E-state index is 14.9. The Kier molecular flexibility index (Phi) is 8.03. The van der Waals surface area contributed by atoms with Gasteiger partial charge in [0.05, 0.1) is 5.69 Å². The number of aryl methyl sites for hydroxylation is 1. The molecule has 0 N–H and O–H groups in total. The van der Waals surface area contributed by atoms with Gasteiger partial charge >= 0.3 is 6.11 Å². The molecule has 0 amide bonds. The molecular formula is C29H19F8NO. The number of rotatable bonds is 8. The summed E-state index contributed by atoms with van der Waals surface area (Å²) in [7, 11) is 0. The van der Waals surface area contributed by atoms with Crippen LogP contribution in [0.25, 0.3) is 28.5 Å². The normalized spacial score (nSPS) is 11.8. The van der Waals surface area contributed by atoms with Gasteiger partial charge in [-0.15, -0.1) is 0 Å². The second kappa shape index (κ2) is 11.3. The van der Waals surface area contributed by atoms with E-state index in [2.05, 4.69) is 9.72 Å². The van der Waals surface area contributed by atoms with Crippen molar-refractivity contribution in [3.05, 3.63) is 113 Å². The van der Waals surface area contributed by atoms with Crippen molar-refractivity contribution in [2.75, 3.05) is 0 Å². The molecule has 0 aliphatic heterocycles. The predicted octanol–water partition coefficient (Wildman–Crippen LogP) is 8.89. The number of hydrogen-bond donors (Lipinski definition) is 0. The van der Waals surface area contributed by atoms with Crippen LogP contribution in [0.1, 0.15) is 24.5 Å². The lowest BCUT2D eigenvalue weighted by atomic mass is 9.99. The van der Waals surface area contributed by atoms with E-state index >= 15 is 0 Å².